The van der Waals surface area contributed by atoms with Gasteiger partial charge in [-0.25, -0.2) is 4.79 Å². The van der Waals surface area contributed by atoms with Crippen LogP contribution in [0, 0.1) is 5.41 Å². The largest absolute Gasteiger partial charge is 0.478 e. The molecule has 0 unspecified atom stereocenters. The van der Waals surface area contributed by atoms with Gasteiger partial charge in [0.05, 0.1) is 0 Å². The first-order valence-corrected chi connectivity index (χ1v) is 7.37. The number of allylic oxidation sites excluding steroid dienone is 9. The minimum Gasteiger partial charge on any atom is -0.478 e. The van der Waals surface area contributed by atoms with Crippen LogP contribution in [0.4, 0.5) is 0 Å². The zero-order chi connectivity index (χ0) is 21.0. The number of rotatable bonds is 5. The van der Waals surface area contributed by atoms with Gasteiger partial charge in [-0.05, 0) is 56.5 Å². The van der Waals surface area contributed by atoms with Gasteiger partial charge in [0.15, 0.2) is 0 Å². The van der Waals surface area contributed by atoms with Crippen molar-refractivity contribution in [2.24, 2.45) is 5.41 Å². The summed E-state index contributed by atoms with van der Waals surface area (Å²) in [4.78, 5) is 10.6. The maximum absolute atomic E-state index is 10.6. The molecule has 0 atom stereocenters. The van der Waals surface area contributed by atoms with E-state index >= 15 is 0 Å². The molecule has 1 rings (SSSR count). The van der Waals surface area contributed by atoms with Crippen molar-refractivity contribution in [2.45, 2.75) is 53.8 Å². The maximum Gasteiger partial charge on any atom is 0.328 e. The van der Waals surface area contributed by atoms with E-state index in [1.165, 1.54) is 0 Å². The molecule has 0 radical (unpaired) electrons. The standard InChI is InChI=1S/C20H28O2/c1-15(8-6-9-16(2)14-19(21)22)11-12-18-17(3)10-7-13-20(18,4)5/h6,8-9,11-12,14H,7,10,13H2,1-5H3,(H,21,22)/b9-6-,12-11+,15-8+,16-14+/i3D3,10D2. The van der Waals surface area contributed by atoms with Crippen molar-refractivity contribution in [1.29, 1.82) is 0 Å². The second-order valence-corrected chi connectivity index (χ2v) is 6.18. The number of hydrogen-bond acceptors (Lipinski definition) is 1. The summed E-state index contributed by atoms with van der Waals surface area (Å²) in [6.07, 6.45) is 8.67. The molecule has 0 fully saturated rings. The van der Waals surface area contributed by atoms with Crippen LogP contribution in [0.5, 0.6) is 0 Å². The molecule has 0 amide bonds. The monoisotopic (exact) mass is 305 g/mol. The second kappa shape index (κ2) is 7.98. The molecular weight excluding hydrogens is 272 g/mol. The summed E-state index contributed by atoms with van der Waals surface area (Å²) in [7, 11) is 0. The van der Waals surface area contributed by atoms with Gasteiger partial charge >= 0.3 is 5.97 Å². The predicted octanol–water partition coefficient (Wildman–Crippen LogP) is 5.60. The molecule has 1 N–H and O–H groups in total. The highest BCUT2D eigenvalue weighted by atomic mass is 16.4. The van der Waals surface area contributed by atoms with Crippen molar-refractivity contribution < 1.29 is 16.8 Å². The van der Waals surface area contributed by atoms with Crippen molar-refractivity contribution in [1.82, 2.24) is 0 Å². The first-order chi connectivity index (χ1) is 12.2. The number of aliphatic carboxylic acids is 1. The van der Waals surface area contributed by atoms with E-state index in [0.717, 1.165) is 11.6 Å². The third-order valence-corrected chi connectivity index (χ3v) is 3.63. The average Bonchev–Trinajstić information content (AvgIpc) is 2.46. The van der Waals surface area contributed by atoms with Crippen molar-refractivity contribution >= 4 is 5.97 Å². The Hall–Kier alpha value is -1.83. The molecule has 0 spiro atoms. The minimum atomic E-state index is -2.49. The van der Waals surface area contributed by atoms with E-state index in [2.05, 4.69) is 0 Å². The van der Waals surface area contributed by atoms with Crippen molar-refractivity contribution in [3.8, 4) is 0 Å². The Morgan fingerprint density at radius 3 is 2.68 bits per heavy atom. The van der Waals surface area contributed by atoms with Crippen LogP contribution in [-0.2, 0) is 4.79 Å². The van der Waals surface area contributed by atoms with Crippen molar-refractivity contribution in [3.63, 3.8) is 0 Å². The van der Waals surface area contributed by atoms with Gasteiger partial charge in [0.1, 0.15) is 0 Å². The van der Waals surface area contributed by atoms with Gasteiger partial charge in [0.25, 0.3) is 0 Å². The van der Waals surface area contributed by atoms with Crippen LogP contribution in [0.1, 0.15) is 60.6 Å². The van der Waals surface area contributed by atoms with Gasteiger partial charge in [-0.1, -0.05) is 55.4 Å². The Labute approximate surface area is 141 Å². The van der Waals surface area contributed by atoms with Crippen LogP contribution < -0.4 is 0 Å². The maximum atomic E-state index is 10.6. The summed E-state index contributed by atoms with van der Waals surface area (Å²) in [5, 5.41) is 8.68. The molecule has 0 bridgehead atoms. The molecule has 0 aromatic rings. The van der Waals surface area contributed by atoms with Crippen molar-refractivity contribution in [2.75, 3.05) is 0 Å². The van der Waals surface area contributed by atoms with E-state index < -0.39 is 24.6 Å². The fourth-order valence-electron chi connectivity index (χ4n) is 2.24. The lowest BCUT2D eigenvalue weighted by molar-refractivity contribution is -0.131. The number of carboxylic acid groups (broad SMARTS) is 1. The molecule has 120 valence electrons. The van der Waals surface area contributed by atoms with E-state index in [9.17, 15) is 4.79 Å². The van der Waals surface area contributed by atoms with Gasteiger partial charge in [-0.3, -0.25) is 0 Å². The van der Waals surface area contributed by atoms with Gasteiger partial charge in [-0.15, -0.1) is 0 Å². The summed E-state index contributed by atoms with van der Waals surface area (Å²) in [6, 6.07) is 0. The van der Waals surface area contributed by atoms with Crippen LogP contribution in [-0.4, -0.2) is 11.1 Å². The van der Waals surface area contributed by atoms with E-state index in [1.54, 1.807) is 37.3 Å². The minimum absolute atomic E-state index is 0.105. The molecule has 0 saturated carbocycles. The Balaban J connectivity index is 3.24. The summed E-state index contributed by atoms with van der Waals surface area (Å²) >= 11 is 0. The topological polar surface area (TPSA) is 37.3 Å². The van der Waals surface area contributed by atoms with Crippen molar-refractivity contribution in [3.05, 3.63) is 58.7 Å². The highest BCUT2D eigenvalue weighted by molar-refractivity contribution is 5.81. The molecule has 1 aliphatic rings. The van der Waals surface area contributed by atoms with E-state index in [1.807, 2.05) is 20.8 Å². The first-order valence-electron chi connectivity index (χ1n) is 9.87. The number of carbonyl (C=O) groups is 1. The van der Waals surface area contributed by atoms with Crippen LogP contribution in [0.15, 0.2) is 58.7 Å². The van der Waals surface area contributed by atoms with Gasteiger partial charge in [0, 0.05) is 12.9 Å². The normalized spacial score (nSPS) is 26.5. The second-order valence-electron chi connectivity index (χ2n) is 6.18. The lowest BCUT2D eigenvalue weighted by atomic mass is 9.72. The Bertz CT molecular complexity index is 732. The van der Waals surface area contributed by atoms with Crippen LogP contribution in [0.3, 0.4) is 0 Å². The number of carboxylic acids is 1. The lowest BCUT2D eigenvalue weighted by Gasteiger charge is -2.32. The molecule has 2 nitrogen and oxygen atoms in total. The highest BCUT2D eigenvalue weighted by Gasteiger charge is 2.26. The quantitative estimate of drug-likeness (QED) is 0.530. The molecule has 1 aliphatic carbocycles. The van der Waals surface area contributed by atoms with E-state index in [0.29, 0.717) is 17.6 Å². The Morgan fingerprint density at radius 2 is 2.05 bits per heavy atom. The van der Waals surface area contributed by atoms with Gasteiger partial charge in [0.2, 0.25) is 0 Å². The lowest BCUT2D eigenvalue weighted by Crippen LogP contribution is -2.19. The molecule has 0 aromatic carbocycles. The van der Waals surface area contributed by atoms with Crippen LogP contribution >= 0.6 is 0 Å². The smallest absolute Gasteiger partial charge is 0.328 e. The molecule has 0 aliphatic heterocycles. The average molecular weight is 305 g/mol. The third kappa shape index (κ3) is 5.88. The first kappa shape index (κ1) is 11.7. The van der Waals surface area contributed by atoms with E-state index in [-0.39, 0.29) is 12.0 Å². The van der Waals surface area contributed by atoms with E-state index in [4.69, 9.17) is 12.0 Å². The zero-order valence-electron chi connectivity index (χ0n) is 18.7. The fraction of sp³-hybridized carbons (Fsp3) is 0.450. The molecule has 2 heteroatoms. The predicted molar refractivity (Wildman–Crippen MR) is 93.8 cm³/mol. The summed E-state index contributed by atoms with van der Waals surface area (Å²) in [5.41, 5.74) is 1.43. The van der Waals surface area contributed by atoms with Gasteiger partial charge < -0.3 is 5.11 Å². The molecular formula is C20H28O2. The highest BCUT2D eigenvalue weighted by Crippen LogP contribution is 2.40. The molecule has 0 heterocycles. The molecule has 0 aromatic heterocycles. The molecule has 22 heavy (non-hydrogen) atoms. The SMILES string of the molecule is [2H]C([2H])([2H])C1=C(/C=C/C(C)=C/C=C\C(C)=C\C(=O)O)C(C)(C)CCC1([2H])[2H]. The van der Waals surface area contributed by atoms with Crippen LogP contribution in [0.2, 0.25) is 0 Å². The Morgan fingerprint density at radius 1 is 1.32 bits per heavy atom. The number of hydrogen-bond donors (Lipinski definition) is 1. The fourth-order valence-corrected chi connectivity index (χ4v) is 2.24. The van der Waals surface area contributed by atoms with Gasteiger partial charge in [-0.2, -0.15) is 0 Å². The summed E-state index contributed by atoms with van der Waals surface area (Å²) in [5.74, 6) is -1.00. The Kier molecular flexibility index (Phi) is 4.24. The summed E-state index contributed by atoms with van der Waals surface area (Å²) < 4.78 is 39.8. The zero-order valence-corrected chi connectivity index (χ0v) is 13.7. The molecule has 0 saturated heterocycles. The van der Waals surface area contributed by atoms with Crippen LogP contribution in [0.25, 0.3) is 0 Å². The third-order valence-electron chi connectivity index (χ3n) is 3.63. The summed E-state index contributed by atoms with van der Waals surface area (Å²) in [6.45, 7) is 4.91.